The highest BCUT2D eigenvalue weighted by Crippen LogP contribution is 2.23. The first kappa shape index (κ1) is 12.8. The molecule has 1 heterocycles. The zero-order chi connectivity index (χ0) is 12.1. The lowest BCUT2D eigenvalue weighted by molar-refractivity contribution is -0.123. The van der Waals surface area contributed by atoms with Gasteiger partial charge in [0.25, 0.3) is 0 Å². The first-order chi connectivity index (χ1) is 8.24. The minimum Gasteiger partial charge on any atom is -0.352 e. The summed E-state index contributed by atoms with van der Waals surface area (Å²) >= 11 is 0. The van der Waals surface area contributed by atoms with E-state index in [1.807, 2.05) is 0 Å². The Balaban J connectivity index is 1.68. The van der Waals surface area contributed by atoms with Crippen molar-refractivity contribution in [3.05, 3.63) is 0 Å². The van der Waals surface area contributed by atoms with Crippen molar-refractivity contribution in [1.29, 1.82) is 0 Å². The van der Waals surface area contributed by atoms with E-state index in [0.717, 1.165) is 44.9 Å². The molecule has 2 fully saturated rings. The highest BCUT2D eigenvalue weighted by atomic mass is 16.2. The van der Waals surface area contributed by atoms with Gasteiger partial charge in [0.15, 0.2) is 0 Å². The molecule has 2 aliphatic rings. The average molecular weight is 239 g/mol. The number of rotatable bonds is 3. The molecule has 1 saturated carbocycles. The summed E-state index contributed by atoms with van der Waals surface area (Å²) in [6.07, 6.45) is 4.91. The molecule has 1 saturated heterocycles. The van der Waals surface area contributed by atoms with Gasteiger partial charge < -0.3 is 10.6 Å². The lowest BCUT2D eigenvalue weighted by atomic mass is 9.87. The zero-order valence-corrected chi connectivity index (χ0v) is 10.9. The lowest BCUT2D eigenvalue weighted by Gasteiger charge is -2.30. The van der Waals surface area contributed by atoms with Crippen LogP contribution in [0.3, 0.4) is 0 Å². The smallest absolute Gasteiger partial charge is 0.234 e. The van der Waals surface area contributed by atoms with Crippen LogP contribution in [0.1, 0.15) is 32.6 Å². The molecule has 2 N–H and O–H groups in total. The van der Waals surface area contributed by atoms with Crippen LogP contribution in [0.2, 0.25) is 0 Å². The minimum absolute atomic E-state index is 0.214. The topological polar surface area (TPSA) is 44.4 Å². The number of carbonyl (C=O) groups is 1. The van der Waals surface area contributed by atoms with Gasteiger partial charge in [-0.05, 0) is 18.8 Å². The Morgan fingerprint density at radius 3 is 2.82 bits per heavy atom. The van der Waals surface area contributed by atoms with E-state index in [1.165, 1.54) is 12.8 Å². The molecule has 0 unspecified atom stereocenters. The Morgan fingerprint density at radius 2 is 2.12 bits per heavy atom. The molecule has 4 nitrogen and oxygen atoms in total. The van der Waals surface area contributed by atoms with E-state index in [2.05, 4.69) is 22.5 Å². The summed E-state index contributed by atoms with van der Waals surface area (Å²) in [6, 6.07) is 0.425. The molecule has 17 heavy (non-hydrogen) atoms. The van der Waals surface area contributed by atoms with Crippen LogP contribution < -0.4 is 10.6 Å². The van der Waals surface area contributed by atoms with E-state index in [0.29, 0.717) is 12.6 Å². The molecule has 0 aromatic carbocycles. The Morgan fingerprint density at radius 1 is 1.35 bits per heavy atom. The summed E-state index contributed by atoms with van der Waals surface area (Å²) in [5, 5.41) is 6.50. The number of piperazine rings is 1. The molecule has 0 aromatic rings. The number of hydrogen-bond acceptors (Lipinski definition) is 3. The number of nitrogens with zero attached hydrogens (tertiary/aromatic N) is 1. The molecule has 2 atom stereocenters. The molecule has 1 aliphatic carbocycles. The van der Waals surface area contributed by atoms with Crippen molar-refractivity contribution in [2.75, 3.05) is 32.7 Å². The van der Waals surface area contributed by atoms with Gasteiger partial charge in [0.05, 0.1) is 6.54 Å². The number of nitrogens with one attached hydrogen (secondary N) is 2. The van der Waals surface area contributed by atoms with Gasteiger partial charge in [-0.3, -0.25) is 9.69 Å². The third-order valence-electron chi connectivity index (χ3n) is 3.88. The third kappa shape index (κ3) is 4.28. The maximum absolute atomic E-state index is 11.9. The molecule has 0 aromatic heterocycles. The summed E-state index contributed by atoms with van der Waals surface area (Å²) in [5.41, 5.74) is 0. The van der Waals surface area contributed by atoms with Crippen molar-refractivity contribution >= 4 is 5.91 Å². The van der Waals surface area contributed by atoms with E-state index in [9.17, 15) is 4.79 Å². The van der Waals surface area contributed by atoms with E-state index in [4.69, 9.17) is 0 Å². The van der Waals surface area contributed by atoms with Crippen molar-refractivity contribution in [1.82, 2.24) is 15.5 Å². The highest BCUT2D eigenvalue weighted by molar-refractivity contribution is 5.78. The summed E-state index contributed by atoms with van der Waals surface area (Å²) in [6.45, 7) is 6.87. The fraction of sp³-hybridized carbons (Fsp3) is 0.923. The Kier molecular flexibility index (Phi) is 4.80. The quantitative estimate of drug-likeness (QED) is 0.757. The third-order valence-corrected chi connectivity index (χ3v) is 3.88. The van der Waals surface area contributed by atoms with Gasteiger partial charge >= 0.3 is 0 Å². The van der Waals surface area contributed by atoms with Gasteiger partial charge in [-0.2, -0.15) is 0 Å². The van der Waals surface area contributed by atoms with E-state index in [-0.39, 0.29) is 5.91 Å². The van der Waals surface area contributed by atoms with E-state index < -0.39 is 0 Å². The van der Waals surface area contributed by atoms with Crippen molar-refractivity contribution in [2.45, 2.75) is 38.6 Å². The molecule has 1 amide bonds. The van der Waals surface area contributed by atoms with Gasteiger partial charge in [-0.1, -0.05) is 19.8 Å². The van der Waals surface area contributed by atoms with Crippen LogP contribution in [0.25, 0.3) is 0 Å². The van der Waals surface area contributed by atoms with Crippen LogP contribution in [0.15, 0.2) is 0 Å². The number of carbonyl (C=O) groups excluding carboxylic acids is 1. The predicted molar refractivity (Wildman–Crippen MR) is 68.9 cm³/mol. The molecule has 0 bridgehead atoms. The normalized spacial score (nSPS) is 31.1. The molecule has 98 valence electrons. The fourth-order valence-electron chi connectivity index (χ4n) is 2.91. The maximum atomic E-state index is 11.9. The van der Waals surface area contributed by atoms with E-state index >= 15 is 0 Å². The Bertz CT molecular complexity index is 251. The summed E-state index contributed by atoms with van der Waals surface area (Å²) in [5.74, 6) is 0.985. The van der Waals surface area contributed by atoms with Crippen molar-refractivity contribution in [3.8, 4) is 0 Å². The molecule has 4 heteroatoms. The second kappa shape index (κ2) is 6.36. The number of hydrogen-bond donors (Lipinski definition) is 2. The summed E-state index contributed by atoms with van der Waals surface area (Å²) in [4.78, 5) is 14.1. The minimum atomic E-state index is 0.214. The molecule has 0 spiro atoms. The van der Waals surface area contributed by atoms with Crippen LogP contribution in [0.4, 0.5) is 0 Å². The fourth-order valence-corrected chi connectivity index (χ4v) is 2.91. The molecule has 0 radical (unpaired) electrons. The highest BCUT2D eigenvalue weighted by Gasteiger charge is 2.21. The summed E-state index contributed by atoms with van der Waals surface area (Å²) < 4.78 is 0. The second-order valence-corrected chi connectivity index (χ2v) is 5.56. The van der Waals surface area contributed by atoms with Crippen LogP contribution in [0, 0.1) is 5.92 Å². The average Bonchev–Trinajstić information content (AvgIpc) is 2.30. The lowest BCUT2D eigenvalue weighted by Crippen LogP contribution is -2.49. The van der Waals surface area contributed by atoms with Crippen LogP contribution in [-0.4, -0.2) is 49.6 Å². The van der Waals surface area contributed by atoms with Crippen molar-refractivity contribution in [2.24, 2.45) is 5.92 Å². The monoisotopic (exact) mass is 239 g/mol. The van der Waals surface area contributed by atoms with Gasteiger partial charge in [0.1, 0.15) is 0 Å². The van der Waals surface area contributed by atoms with Crippen molar-refractivity contribution < 1.29 is 4.79 Å². The standard InChI is InChI=1S/C13H25N3O/c1-11-3-2-4-12(9-11)15-13(17)10-16-7-5-14-6-8-16/h11-12,14H,2-10H2,1H3,(H,15,17)/t11-,12+/m0/s1. The second-order valence-electron chi connectivity index (χ2n) is 5.56. The maximum Gasteiger partial charge on any atom is 0.234 e. The predicted octanol–water partition coefficient (Wildman–Crippen LogP) is 0.587. The van der Waals surface area contributed by atoms with Gasteiger partial charge in [-0.15, -0.1) is 0 Å². The molecule has 1 aliphatic heterocycles. The molecular weight excluding hydrogens is 214 g/mol. The van der Waals surface area contributed by atoms with Gasteiger partial charge in [0.2, 0.25) is 5.91 Å². The summed E-state index contributed by atoms with van der Waals surface area (Å²) in [7, 11) is 0. The SMILES string of the molecule is C[C@H]1CCC[C@@H](NC(=O)CN2CCNCC2)C1. The van der Waals surface area contributed by atoms with Crippen LogP contribution >= 0.6 is 0 Å². The van der Waals surface area contributed by atoms with Gasteiger partial charge in [0, 0.05) is 32.2 Å². The first-order valence-corrected chi connectivity index (χ1v) is 6.96. The van der Waals surface area contributed by atoms with Gasteiger partial charge in [-0.25, -0.2) is 0 Å². The van der Waals surface area contributed by atoms with Crippen LogP contribution in [-0.2, 0) is 4.79 Å². The molecular formula is C13H25N3O. The molecule has 2 rings (SSSR count). The largest absolute Gasteiger partial charge is 0.352 e. The number of amides is 1. The zero-order valence-electron chi connectivity index (χ0n) is 10.9. The van der Waals surface area contributed by atoms with E-state index in [1.54, 1.807) is 0 Å². The Labute approximate surface area is 104 Å². The first-order valence-electron chi connectivity index (χ1n) is 6.96. The van der Waals surface area contributed by atoms with Crippen molar-refractivity contribution in [3.63, 3.8) is 0 Å². The Hall–Kier alpha value is -0.610. The van der Waals surface area contributed by atoms with Crippen LogP contribution in [0.5, 0.6) is 0 Å².